The second-order valence-electron chi connectivity index (χ2n) is 3.99. The largest absolute Gasteiger partial charge is 0.298 e. The first-order valence-corrected chi connectivity index (χ1v) is 5.55. The molecule has 1 heteroatoms. The van der Waals surface area contributed by atoms with Gasteiger partial charge in [-0.05, 0) is 38.5 Å². The molecule has 14 heavy (non-hydrogen) atoms. The van der Waals surface area contributed by atoms with E-state index in [-0.39, 0.29) is 0 Å². The summed E-state index contributed by atoms with van der Waals surface area (Å²) in [6.45, 7) is 4.32. The van der Waals surface area contributed by atoms with Crippen LogP contribution in [0.15, 0.2) is 28.8 Å². The fourth-order valence-electron chi connectivity index (χ4n) is 1.69. The maximum absolute atomic E-state index is 4.18. The van der Waals surface area contributed by atoms with Gasteiger partial charge in [-0.25, -0.2) is 0 Å². The number of aliphatic imine (C=N–C) groups is 1. The summed E-state index contributed by atoms with van der Waals surface area (Å²) in [5.41, 5.74) is 2.76. The number of nitrogens with zero attached hydrogens (tertiary/aromatic N) is 1. The highest BCUT2D eigenvalue weighted by molar-refractivity contribution is 5.81. The Labute approximate surface area is 87.6 Å². The molecule has 78 valence electrons. The molecule has 1 unspecified atom stereocenters. The van der Waals surface area contributed by atoms with Crippen molar-refractivity contribution in [2.75, 3.05) is 7.05 Å². The van der Waals surface area contributed by atoms with Crippen molar-refractivity contribution in [3.63, 3.8) is 0 Å². The van der Waals surface area contributed by atoms with Crippen molar-refractivity contribution in [3.05, 3.63) is 23.8 Å². The fourth-order valence-corrected chi connectivity index (χ4v) is 1.69. The maximum Gasteiger partial charge on any atom is 0.0276 e. The molecule has 0 amide bonds. The van der Waals surface area contributed by atoms with Crippen LogP contribution in [-0.4, -0.2) is 12.8 Å². The van der Waals surface area contributed by atoms with E-state index in [0.717, 1.165) is 12.3 Å². The summed E-state index contributed by atoms with van der Waals surface area (Å²) < 4.78 is 0. The number of hydrogen-bond acceptors (Lipinski definition) is 1. The van der Waals surface area contributed by atoms with Crippen molar-refractivity contribution in [2.45, 2.75) is 39.5 Å². The first kappa shape index (κ1) is 11.2. The van der Waals surface area contributed by atoms with Crippen LogP contribution in [-0.2, 0) is 0 Å². The van der Waals surface area contributed by atoms with Gasteiger partial charge in [0.15, 0.2) is 0 Å². The molecule has 0 aliphatic heterocycles. The van der Waals surface area contributed by atoms with E-state index in [9.17, 15) is 0 Å². The molecule has 0 aromatic rings. The lowest BCUT2D eigenvalue weighted by molar-refractivity contribution is 0.606. The summed E-state index contributed by atoms with van der Waals surface area (Å²) in [5, 5.41) is 0. The molecule has 0 aromatic heterocycles. The summed E-state index contributed by atoms with van der Waals surface area (Å²) in [4.78, 5) is 4.18. The van der Waals surface area contributed by atoms with Crippen LogP contribution < -0.4 is 0 Å². The second kappa shape index (κ2) is 5.79. The van der Waals surface area contributed by atoms with Crippen LogP contribution in [0.1, 0.15) is 39.5 Å². The normalized spacial score (nSPS) is 22.4. The highest BCUT2D eigenvalue weighted by Crippen LogP contribution is 2.22. The topological polar surface area (TPSA) is 12.4 Å². The van der Waals surface area contributed by atoms with Crippen molar-refractivity contribution in [2.24, 2.45) is 10.9 Å². The van der Waals surface area contributed by atoms with E-state index in [1.165, 1.54) is 30.5 Å². The van der Waals surface area contributed by atoms with Gasteiger partial charge in [0.1, 0.15) is 0 Å². The number of hydrogen-bond donors (Lipinski definition) is 0. The minimum absolute atomic E-state index is 0.738. The van der Waals surface area contributed by atoms with E-state index in [1.807, 2.05) is 7.05 Å². The molecule has 0 bridgehead atoms. The Bertz CT molecular complexity index is 258. The smallest absolute Gasteiger partial charge is 0.0276 e. The molecule has 0 aromatic carbocycles. The Hall–Kier alpha value is -0.850. The zero-order chi connectivity index (χ0) is 10.4. The molecule has 0 heterocycles. The standard InChI is InChI=1S/C13H21N/c1-4-12-7-9-13(10-8-12)6-5-11(2)14-3/h7-9,13H,4-6,10H2,1-3H3/b14-11+. The Balaban J connectivity index is 2.31. The predicted octanol–water partition coefficient (Wildman–Crippen LogP) is 3.77. The first-order valence-electron chi connectivity index (χ1n) is 5.55. The third-order valence-electron chi connectivity index (χ3n) is 2.93. The zero-order valence-electron chi connectivity index (χ0n) is 9.59. The van der Waals surface area contributed by atoms with E-state index >= 15 is 0 Å². The van der Waals surface area contributed by atoms with Crippen LogP contribution in [0.2, 0.25) is 0 Å². The molecule has 0 spiro atoms. The predicted molar refractivity (Wildman–Crippen MR) is 63.9 cm³/mol. The van der Waals surface area contributed by atoms with Crippen molar-refractivity contribution in [1.29, 1.82) is 0 Å². The minimum Gasteiger partial charge on any atom is -0.298 e. The average molecular weight is 191 g/mol. The van der Waals surface area contributed by atoms with Gasteiger partial charge >= 0.3 is 0 Å². The molecule has 0 radical (unpaired) electrons. The molecule has 1 rings (SSSR count). The van der Waals surface area contributed by atoms with Gasteiger partial charge in [0, 0.05) is 12.8 Å². The maximum atomic E-state index is 4.18. The molecular weight excluding hydrogens is 170 g/mol. The highest BCUT2D eigenvalue weighted by atomic mass is 14.7. The van der Waals surface area contributed by atoms with Gasteiger partial charge in [0.25, 0.3) is 0 Å². The SMILES string of the molecule is CCC1=CCC(CC/C(C)=N/C)C=C1. The Morgan fingerprint density at radius 1 is 1.57 bits per heavy atom. The molecular formula is C13H21N. The average Bonchev–Trinajstić information content (AvgIpc) is 2.26. The number of rotatable bonds is 4. The minimum atomic E-state index is 0.738. The Kier molecular flexibility index (Phi) is 4.64. The van der Waals surface area contributed by atoms with Crippen LogP contribution in [0, 0.1) is 5.92 Å². The summed E-state index contributed by atoms with van der Waals surface area (Å²) in [7, 11) is 1.88. The van der Waals surface area contributed by atoms with Crippen LogP contribution >= 0.6 is 0 Å². The molecule has 0 saturated carbocycles. The van der Waals surface area contributed by atoms with Crippen molar-refractivity contribution in [1.82, 2.24) is 0 Å². The molecule has 0 N–H and O–H groups in total. The highest BCUT2D eigenvalue weighted by Gasteiger charge is 2.07. The van der Waals surface area contributed by atoms with Gasteiger partial charge in [-0.2, -0.15) is 0 Å². The summed E-state index contributed by atoms with van der Waals surface area (Å²) in [5.74, 6) is 0.738. The van der Waals surface area contributed by atoms with E-state index in [0.29, 0.717) is 0 Å². The molecule has 1 aliphatic carbocycles. The third-order valence-corrected chi connectivity index (χ3v) is 2.93. The van der Waals surface area contributed by atoms with Crippen LogP contribution in [0.3, 0.4) is 0 Å². The molecule has 0 fully saturated rings. The van der Waals surface area contributed by atoms with Crippen LogP contribution in [0.25, 0.3) is 0 Å². The van der Waals surface area contributed by atoms with Gasteiger partial charge in [0.05, 0.1) is 0 Å². The summed E-state index contributed by atoms with van der Waals surface area (Å²) >= 11 is 0. The lowest BCUT2D eigenvalue weighted by Crippen LogP contribution is -2.02. The quantitative estimate of drug-likeness (QED) is 0.600. The molecule has 1 atom stereocenters. The zero-order valence-corrected chi connectivity index (χ0v) is 9.59. The molecule has 1 nitrogen and oxygen atoms in total. The third kappa shape index (κ3) is 3.49. The second-order valence-corrected chi connectivity index (χ2v) is 3.99. The van der Waals surface area contributed by atoms with Gasteiger partial charge in [-0.15, -0.1) is 0 Å². The van der Waals surface area contributed by atoms with Gasteiger partial charge in [0.2, 0.25) is 0 Å². The first-order chi connectivity index (χ1) is 6.76. The summed E-state index contributed by atoms with van der Waals surface area (Å²) in [6, 6.07) is 0. The van der Waals surface area contributed by atoms with E-state index in [1.54, 1.807) is 0 Å². The fraction of sp³-hybridized carbons (Fsp3) is 0.615. The Morgan fingerprint density at radius 2 is 2.36 bits per heavy atom. The van der Waals surface area contributed by atoms with Crippen molar-refractivity contribution < 1.29 is 0 Å². The lowest BCUT2D eigenvalue weighted by atomic mass is 9.91. The van der Waals surface area contributed by atoms with E-state index in [2.05, 4.69) is 37.1 Å². The summed E-state index contributed by atoms with van der Waals surface area (Å²) in [6.07, 6.45) is 11.8. The van der Waals surface area contributed by atoms with E-state index < -0.39 is 0 Å². The molecule has 0 saturated heterocycles. The van der Waals surface area contributed by atoms with Gasteiger partial charge in [-0.3, -0.25) is 4.99 Å². The monoisotopic (exact) mass is 191 g/mol. The van der Waals surface area contributed by atoms with Gasteiger partial charge in [-0.1, -0.05) is 30.7 Å². The van der Waals surface area contributed by atoms with Crippen LogP contribution in [0.4, 0.5) is 0 Å². The Morgan fingerprint density at radius 3 is 2.86 bits per heavy atom. The van der Waals surface area contributed by atoms with Gasteiger partial charge < -0.3 is 0 Å². The van der Waals surface area contributed by atoms with E-state index in [4.69, 9.17) is 0 Å². The molecule has 1 aliphatic rings. The van der Waals surface area contributed by atoms with Crippen LogP contribution in [0.5, 0.6) is 0 Å². The number of allylic oxidation sites excluding steroid dienone is 4. The van der Waals surface area contributed by atoms with Crippen molar-refractivity contribution in [3.8, 4) is 0 Å². The lowest BCUT2D eigenvalue weighted by Gasteiger charge is -2.15. The van der Waals surface area contributed by atoms with Crippen molar-refractivity contribution >= 4 is 5.71 Å².